The lowest BCUT2D eigenvalue weighted by Gasteiger charge is -2.21. The molecule has 5 nitrogen and oxygen atoms in total. The summed E-state index contributed by atoms with van der Waals surface area (Å²) in [5.41, 5.74) is 1.19. The Hall–Kier alpha value is -1.18. The zero-order chi connectivity index (χ0) is 17.2. The maximum atomic E-state index is 5.49. The van der Waals surface area contributed by atoms with Crippen LogP contribution in [0.15, 0.2) is 29.3 Å². The van der Waals surface area contributed by atoms with Gasteiger partial charge in [-0.3, -0.25) is 4.99 Å². The third-order valence-electron chi connectivity index (χ3n) is 4.39. The molecule has 0 saturated carbocycles. The first-order valence-corrected chi connectivity index (χ1v) is 9.18. The van der Waals surface area contributed by atoms with Crippen LogP contribution in [0.25, 0.3) is 0 Å². The third kappa shape index (κ3) is 6.92. The number of rotatable bonds is 8. The summed E-state index contributed by atoms with van der Waals surface area (Å²) in [7, 11) is 1.74. The number of methoxy groups -OCH3 is 1. The maximum absolute atomic E-state index is 5.49. The highest BCUT2D eigenvalue weighted by atomic mass is 127. The van der Waals surface area contributed by atoms with E-state index in [1.54, 1.807) is 7.11 Å². The summed E-state index contributed by atoms with van der Waals surface area (Å²) in [6, 6.07) is 8.26. The van der Waals surface area contributed by atoms with Gasteiger partial charge in [-0.15, -0.1) is 24.0 Å². The van der Waals surface area contributed by atoms with Crippen molar-refractivity contribution < 1.29 is 4.74 Å². The van der Waals surface area contributed by atoms with Crippen LogP contribution in [-0.4, -0.2) is 45.8 Å². The van der Waals surface area contributed by atoms with Crippen molar-refractivity contribution in [3.05, 3.63) is 24.3 Å². The number of ether oxygens (including phenoxy) is 1. The first kappa shape index (κ1) is 21.9. The summed E-state index contributed by atoms with van der Waals surface area (Å²) in [6.07, 6.45) is 3.55. The quantitative estimate of drug-likeness (QED) is 0.270. The lowest BCUT2D eigenvalue weighted by atomic mass is 10.1. The predicted octanol–water partition coefficient (Wildman–Crippen LogP) is 3.49. The number of halogens is 1. The van der Waals surface area contributed by atoms with E-state index in [2.05, 4.69) is 41.5 Å². The maximum Gasteiger partial charge on any atom is 0.191 e. The lowest BCUT2D eigenvalue weighted by Crippen LogP contribution is -2.38. The summed E-state index contributed by atoms with van der Waals surface area (Å²) < 4.78 is 5.49. The van der Waals surface area contributed by atoms with Crippen LogP contribution in [0.5, 0.6) is 5.75 Å². The molecule has 1 saturated heterocycles. The van der Waals surface area contributed by atoms with Crippen molar-refractivity contribution in [1.82, 2.24) is 10.6 Å². The molecule has 1 aliphatic heterocycles. The molecule has 2 N–H and O–H groups in total. The zero-order valence-electron chi connectivity index (χ0n) is 15.8. The minimum Gasteiger partial charge on any atom is -0.495 e. The minimum absolute atomic E-state index is 0. The Balaban J connectivity index is 0.00000312. The average Bonchev–Trinajstić information content (AvgIpc) is 3.08. The van der Waals surface area contributed by atoms with E-state index in [0.29, 0.717) is 5.92 Å². The van der Waals surface area contributed by atoms with E-state index >= 15 is 0 Å². The fourth-order valence-corrected chi connectivity index (χ4v) is 3.04. The summed E-state index contributed by atoms with van der Waals surface area (Å²) in [4.78, 5) is 7.19. The van der Waals surface area contributed by atoms with Gasteiger partial charge in [0, 0.05) is 32.7 Å². The van der Waals surface area contributed by atoms with Gasteiger partial charge in [0.15, 0.2) is 5.96 Å². The molecule has 0 amide bonds. The molecule has 0 spiro atoms. The number of guanidine groups is 1. The Kier molecular flexibility index (Phi) is 10.7. The second kappa shape index (κ2) is 12.2. The Morgan fingerprint density at radius 2 is 2.08 bits per heavy atom. The molecule has 0 aliphatic carbocycles. The van der Waals surface area contributed by atoms with Gasteiger partial charge < -0.3 is 20.3 Å². The Bertz CT molecular complexity index is 524. The second-order valence-corrected chi connectivity index (χ2v) is 6.27. The van der Waals surface area contributed by atoms with Gasteiger partial charge in [-0.05, 0) is 37.8 Å². The summed E-state index contributed by atoms with van der Waals surface area (Å²) >= 11 is 0. The molecule has 0 aromatic heterocycles. The number of hydrogen-bond donors (Lipinski definition) is 2. The standard InChI is InChI=1S/C19H32N4O.HI/c1-4-6-12-21-19(20-5-2)22-14-16-11-13-23(15-16)17-9-7-8-10-18(17)24-3;/h7-10,16H,4-6,11-15H2,1-3H3,(H2,20,21,22);1H. The van der Waals surface area contributed by atoms with Crippen LogP contribution in [0, 0.1) is 5.92 Å². The van der Waals surface area contributed by atoms with Gasteiger partial charge in [-0.25, -0.2) is 0 Å². The fourth-order valence-electron chi connectivity index (χ4n) is 3.04. The molecule has 0 radical (unpaired) electrons. The van der Waals surface area contributed by atoms with E-state index in [4.69, 9.17) is 9.73 Å². The molecule has 1 aromatic rings. The molecule has 1 unspecified atom stereocenters. The second-order valence-electron chi connectivity index (χ2n) is 6.27. The summed E-state index contributed by atoms with van der Waals surface area (Å²) in [5, 5.41) is 6.74. The zero-order valence-corrected chi connectivity index (χ0v) is 18.1. The highest BCUT2D eigenvalue weighted by molar-refractivity contribution is 14.0. The smallest absolute Gasteiger partial charge is 0.191 e. The van der Waals surface area contributed by atoms with Gasteiger partial charge in [0.05, 0.1) is 12.8 Å². The van der Waals surface area contributed by atoms with Crippen LogP contribution in [0.2, 0.25) is 0 Å². The molecule has 1 fully saturated rings. The number of nitrogens with one attached hydrogen (secondary N) is 2. The summed E-state index contributed by atoms with van der Waals surface area (Å²) in [6.45, 7) is 9.18. The molecule has 25 heavy (non-hydrogen) atoms. The number of aliphatic imine (C=N–C) groups is 1. The first-order valence-electron chi connectivity index (χ1n) is 9.18. The molecule has 6 heteroatoms. The Morgan fingerprint density at radius 3 is 2.80 bits per heavy atom. The van der Waals surface area contributed by atoms with Crippen LogP contribution in [0.1, 0.15) is 33.1 Å². The summed E-state index contributed by atoms with van der Waals surface area (Å²) in [5.74, 6) is 2.49. The van der Waals surface area contributed by atoms with Gasteiger partial charge >= 0.3 is 0 Å². The van der Waals surface area contributed by atoms with Crippen LogP contribution < -0.4 is 20.3 Å². The SMILES string of the molecule is CCCCNC(=NCC1CCN(c2ccccc2OC)C1)NCC.I. The number of benzene rings is 1. The third-order valence-corrected chi connectivity index (χ3v) is 4.39. The monoisotopic (exact) mass is 460 g/mol. The van der Waals surface area contributed by atoms with Crippen molar-refractivity contribution in [3.8, 4) is 5.75 Å². The molecule has 142 valence electrons. The molecule has 1 aromatic carbocycles. The molecule has 2 rings (SSSR count). The minimum atomic E-state index is 0. The van der Waals surface area contributed by atoms with Crippen molar-refractivity contribution in [2.24, 2.45) is 10.9 Å². The van der Waals surface area contributed by atoms with Crippen LogP contribution in [0.3, 0.4) is 0 Å². The molecule has 1 atom stereocenters. The Labute approximate surface area is 169 Å². The van der Waals surface area contributed by atoms with Gasteiger partial charge in [-0.1, -0.05) is 25.5 Å². The van der Waals surface area contributed by atoms with Crippen LogP contribution >= 0.6 is 24.0 Å². The number of nitrogens with zero attached hydrogens (tertiary/aromatic N) is 2. The van der Waals surface area contributed by atoms with Crippen molar-refractivity contribution in [2.75, 3.05) is 44.7 Å². The molecule has 1 heterocycles. The van der Waals surface area contributed by atoms with Gasteiger partial charge in [-0.2, -0.15) is 0 Å². The number of anilines is 1. The molecule has 0 bridgehead atoms. The van der Waals surface area contributed by atoms with Crippen molar-refractivity contribution in [3.63, 3.8) is 0 Å². The lowest BCUT2D eigenvalue weighted by molar-refractivity contribution is 0.414. The number of para-hydroxylation sites is 2. The van der Waals surface area contributed by atoms with Crippen molar-refractivity contribution in [1.29, 1.82) is 0 Å². The average molecular weight is 460 g/mol. The topological polar surface area (TPSA) is 48.9 Å². The van der Waals surface area contributed by atoms with Crippen LogP contribution in [-0.2, 0) is 0 Å². The normalized spacial score (nSPS) is 17.2. The van der Waals surface area contributed by atoms with E-state index in [0.717, 1.165) is 44.4 Å². The van der Waals surface area contributed by atoms with E-state index < -0.39 is 0 Å². The van der Waals surface area contributed by atoms with E-state index in [1.807, 2.05) is 12.1 Å². The number of unbranched alkanes of at least 4 members (excludes halogenated alkanes) is 1. The van der Waals surface area contributed by atoms with E-state index in [-0.39, 0.29) is 24.0 Å². The molecule has 1 aliphatic rings. The first-order chi connectivity index (χ1) is 11.8. The van der Waals surface area contributed by atoms with Crippen LogP contribution in [0.4, 0.5) is 5.69 Å². The number of hydrogen-bond acceptors (Lipinski definition) is 3. The van der Waals surface area contributed by atoms with Gasteiger partial charge in [0.2, 0.25) is 0 Å². The van der Waals surface area contributed by atoms with Crippen molar-refractivity contribution in [2.45, 2.75) is 33.1 Å². The Morgan fingerprint density at radius 1 is 1.28 bits per heavy atom. The molecular formula is C19H33IN4O. The molecular weight excluding hydrogens is 427 g/mol. The largest absolute Gasteiger partial charge is 0.495 e. The van der Waals surface area contributed by atoms with Gasteiger partial charge in [0.25, 0.3) is 0 Å². The van der Waals surface area contributed by atoms with Gasteiger partial charge in [0.1, 0.15) is 5.75 Å². The van der Waals surface area contributed by atoms with E-state index in [9.17, 15) is 0 Å². The highest BCUT2D eigenvalue weighted by Gasteiger charge is 2.24. The highest BCUT2D eigenvalue weighted by Crippen LogP contribution is 2.31. The van der Waals surface area contributed by atoms with E-state index in [1.165, 1.54) is 24.9 Å². The van der Waals surface area contributed by atoms with Crippen molar-refractivity contribution >= 4 is 35.6 Å². The fraction of sp³-hybridized carbons (Fsp3) is 0.632. The predicted molar refractivity (Wildman–Crippen MR) is 118 cm³/mol.